The predicted molar refractivity (Wildman–Crippen MR) is 147 cm³/mol. The van der Waals surface area contributed by atoms with E-state index in [0.29, 0.717) is 29.3 Å². The van der Waals surface area contributed by atoms with Gasteiger partial charge in [0.1, 0.15) is 11.3 Å². The number of aromatic amines is 1. The van der Waals surface area contributed by atoms with Gasteiger partial charge >= 0.3 is 0 Å². The van der Waals surface area contributed by atoms with E-state index in [1.807, 2.05) is 71.4 Å². The third-order valence-corrected chi connectivity index (χ3v) is 6.81. The molecule has 4 aromatic heterocycles. The zero-order valence-corrected chi connectivity index (χ0v) is 21.3. The summed E-state index contributed by atoms with van der Waals surface area (Å²) in [5.41, 5.74) is 4.07. The first kappa shape index (κ1) is 23.7. The van der Waals surface area contributed by atoms with Crippen molar-refractivity contribution in [2.75, 3.05) is 22.1 Å². The summed E-state index contributed by atoms with van der Waals surface area (Å²) < 4.78 is 1.86. The predicted octanol–water partition coefficient (Wildman–Crippen LogP) is 5.31. The average Bonchev–Trinajstić information content (AvgIpc) is 3.70. The summed E-state index contributed by atoms with van der Waals surface area (Å²) in [6.07, 6.45) is 5.75. The summed E-state index contributed by atoms with van der Waals surface area (Å²) in [7, 11) is 0. The molecule has 1 unspecified atom stereocenters. The first-order valence-electron chi connectivity index (χ1n) is 12.8. The number of carbonyl (C=O) groups excluding carboxylic acids is 1. The maximum Gasteiger partial charge on any atom is 0.273 e. The number of hydrogen-bond donors (Lipinski definition) is 3. The fraction of sp³-hybridized carbons (Fsp3) is 0.250. The van der Waals surface area contributed by atoms with Gasteiger partial charge in [-0.05, 0) is 60.7 Å². The van der Waals surface area contributed by atoms with Crippen LogP contribution in [0, 0.1) is 0 Å². The summed E-state index contributed by atoms with van der Waals surface area (Å²) >= 11 is 0. The number of aromatic nitrogens is 6. The fourth-order valence-corrected chi connectivity index (χ4v) is 4.79. The zero-order valence-electron chi connectivity index (χ0n) is 21.3. The number of pyridine rings is 1. The van der Waals surface area contributed by atoms with Crippen molar-refractivity contribution >= 4 is 35.0 Å². The number of anilines is 4. The zero-order chi connectivity index (χ0) is 26.1. The molecule has 1 atom stereocenters. The SMILES string of the molecule is CC(C)c1ccc(NC(=O)c2cc(Nc3nc(N4CCCC4c4ccccn4)nc4cccn34)n[nH]2)cc1. The van der Waals surface area contributed by atoms with Crippen LogP contribution in [-0.4, -0.2) is 42.0 Å². The molecule has 5 aromatic rings. The molecule has 6 rings (SSSR count). The molecule has 0 saturated carbocycles. The van der Waals surface area contributed by atoms with Gasteiger partial charge in [-0.2, -0.15) is 15.1 Å². The molecule has 5 heterocycles. The first-order valence-corrected chi connectivity index (χ1v) is 12.8. The van der Waals surface area contributed by atoms with Gasteiger partial charge in [-0.25, -0.2) is 0 Å². The monoisotopic (exact) mass is 507 g/mol. The Morgan fingerprint density at radius 3 is 2.74 bits per heavy atom. The molecule has 10 nitrogen and oxygen atoms in total. The Bertz CT molecular complexity index is 1560. The highest BCUT2D eigenvalue weighted by atomic mass is 16.1. The van der Waals surface area contributed by atoms with E-state index in [1.54, 1.807) is 6.07 Å². The van der Waals surface area contributed by atoms with Crippen molar-refractivity contribution in [3.05, 3.63) is 90.0 Å². The summed E-state index contributed by atoms with van der Waals surface area (Å²) in [5, 5.41) is 13.3. The Labute approximate surface area is 220 Å². The fourth-order valence-electron chi connectivity index (χ4n) is 4.79. The highest BCUT2D eigenvalue weighted by molar-refractivity contribution is 6.03. The number of carbonyl (C=O) groups is 1. The molecule has 0 bridgehead atoms. The van der Waals surface area contributed by atoms with Crippen LogP contribution >= 0.6 is 0 Å². The van der Waals surface area contributed by atoms with Gasteiger partial charge in [0, 0.05) is 30.7 Å². The summed E-state index contributed by atoms with van der Waals surface area (Å²) in [5.74, 6) is 1.83. The van der Waals surface area contributed by atoms with E-state index in [2.05, 4.69) is 44.6 Å². The third kappa shape index (κ3) is 4.68. The van der Waals surface area contributed by atoms with E-state index in [0.717, 1.165) is 36.4 Å². The van der Waals surface area contributed by atoms with Gasteiger partial charge in [0.05, 0.1) is 11.7 Å². The van der Waals surface area contributed by atoms with Crippen LogP contribution in [0.15, 0.2) is 73.1 Å². The Kier molecular flexibility index (Phi) is 6.20. The lowest BCUT2D eigenvalue weighted by molar-refractivity contribution is 0.102. The van der Waals surface area contributed by atoms with Crippen LogP contribution in [0.4, 0.5) is 23.4 Å². The van der Waals surface area contributed by atoms with Crippen LogP contribution in [0.5, 0.6) is 0 Å². The van der Waals surface area contributed by atoms with Gasteiger partial charge < -0.3 is 15.5 Å². The Morgan fingerprint density at radius 2 is 1.95 bits per heavy atom. The molecule has 10 heteroatoms. The van der Waals surface area contributed by atoms with Crippen LogP contribution in [0.2, 0.25) is 0 Å². The molecule has 1 aliphatic rings. The lowest BCUT2D eigenvalue weighted by Crippen LogP contribution is -2.26. The van der Waals surface area contributed by atoms with E-state index in [4.69, 9.17) is 9.97 Å². The molecule has 0 spiro atoms. The Hall–Kier alpha value is -4.73. The summed E-state index contributed by atoms with van der Waals surface area (Å²) in [6.45, 7) is 5.13. The van der Waals surface area contributed by atoms with Gasteiger partial charge in [-0.1, -0.05) is 32.0 Å². The molecule has 1 amide bonds. The van der Waals surface area contributed by atoms with Crippen molar-refractivity contribution in [2.24, 2.45) is 0 Å². The van der Waals surface area contributed by atoms with Gasteiger partial charge in [0.2, 0.25) is 11.9 Å². The van der Waals surface area contributed by atoms with Crippen molar-refractivity contribution in [3.8, 4) is 0 Å². The van der Waals surface area contributed by atoms with Crippen molar-refractivity contribution in [1.82, 2.24) is 29.5 Å². The number of rotatable bonds is 7. The number of benzene rings is 1. The van der Waals surface area contributed by atoms with Crippen molar-refractivity contribution in [2.45, 2.75) is 38.6 Å². The third-order valence-electron chi connectivity index (χ3n) is 6.81. The van der Waals surface area contributed by atoms with Crippen molar-refractivity contribution in [3.63, 3.8) is 0 Å². The topological polar surface area (TPSA) is 116 Å². The van der Waals surface area contributed by atoms with Crippen LogP contribution in [-0.2, 0) is 0 Å². The molecule has 0 aliphatic carbocycles. The number of amides is 1. The van der Waals surface area contributed by atoms with Gasteiger partial charge in [0.15, 0.2) is 5.82 Å². The lowest BCUT2D eigenvalue weighted by Gasteiger charge is -2.24. The minimum absolute atomic E-state index is 0.122. The maximum atomic E-state index is 12.8. The molecule has 1 aromatic carbocycles. The van der Waals surface area contributed by atoms with E-state index in [-0.39, 0.29) is 11.9 Å². The summed E-state index contributed by atoms with van der Waals surface area (Å²) in [4.78, 5) is 29.3. The smallest absolute Gasteiger partial charge is 0.273 e. The van der Waals surface area contributed by atoms with E-state index in [9.17, 15) is 4.79 Å². The molecule has 1 saturated heterocycles. The van der Waals surface area contributed by atoms with E-state index >= 15 is 0 Å². The molecule has 1 aliphatic heterocycles. The van der Waals surface area contributed by atoms with Crippen molar-refractivity contribution in [1.29, 1.82) is 0 Å². The minimum atomic E-state index is -0.271. The molecular weight excluding hydrogens is 478 g/mol. The maximum absolute atomic E-state index is 12.8. The second-order valence-corrected chi connectivity index (χ2v) is 9.71. The van der Waals surface area contributed by atoms with E-state index < -0.39 is 0 Å². The van der Waals surface area contributed by atoms with Crippen LogP contribution < -0.4 is 15.5 Å². The van der Waals surface area contributed by atoms with Gasteiger partial charge in [0.25, 0.3) is 5.91 Å². The minimum Gasteiger partial charge on any atom is -0.332 e. The highest BCUT2D eigenvalue weighted by Gasteiger charge is 2.30. The second-order valence-electron chi connectivity index (χ2n) is 9.71. The standard InChI is InChI=1S/C28H29N9O/c1-18(2)19-10-12-20(13-11-19)30-26(38)22-17-24(35-34-22)31-27-33-28(32-25-9-6-16-37(25)27)36-15-5-8-23(36)21-7-3-4-14-29-21/h3-4,6-7,9-14,16-18,23H,5,8,15H2,1-2H3,(H,30,38)(H2,31,32,33,34,35). The summed E-state index contributed by atoms with van der Waals surface area (Å²) in [6, 6.07) is 19.5. The normalized spacial score (nSPS) is 15.3. The number of hydrogen-bond acceptors (Lipinski definition) is 7. The largest absolute Gasteiger partial charge is 0.332 e. The van der Waals surface area contributed by atoms with Crippen molar-refractivity contribution < 1.29 is 4.79 Å². The van der Waals surface area contributed by atoms with Gasteiger partial charge in [-0.3, -0.25) is 19.3 Å². The molecule has 38 heavy (non-hydrogen) atoms. The number of fused-ring (bicyclic) bond motifs is 1. The van der Waals surface area contributed by atoms with E-state index in [1.165, 1.54) is 5.56 Å². The molecule has 3 N–H and O–H groups in total. The molecule has 192 valence electrons. The molecule has 0 radical (unpaired) electrons. The van der Waals surface area contributed by atoms with Gasteiger partial charge in [-0.15, -0.1) is 0 Å². The van der Waals surface area contributed by atoms with Crippen LogP contribution in [0.1, 0.15) is 60.4 Å². The molecule has 1 fully saturated rings. The second kappa shape index (κ2) is 9.97. The van der Waals surface area contributed by atoms with Crippen LogP contribution in [0.25, 0.3) is 5.65 Å². The Balaban J connectivity index is 1.22. The average molecular weight is 508 g/mol. The number of nitrogens with one attached hydrogen (secondary N) is 3. The lowest BCUT2D eigenvalue weighted by atomic mass is 10.0. The highest BCUT2D eigenvalue weighted by Crippen LogP contribution is 2.34. The Morgan fingerprint density at radius 1 is 1.08 bits per heavy atom. The molecular formula is C28H29N9O. The quantitative estimate of drug-likeness (QED) is 0.273. The number of H-pyrrole nitrogens is 1. The first-order chi connectivity index (χ1) is 18.5. The van der Waals surface area contributed by atoms with Crippen LogP contribution in [0.3, 0.4) is 0 Å². The number of nitrogens with zero attached hydrogens (tertiary/aromatic N) is 6.